The third-order valence-corrected chi connectivity index (χ3v) is 2.66. The van der Waals surface area contributed by atoms with Crippen LogP contribution in [0, 0.1) is 0 Å². The number of esters is 1. The largest absolute Gasteiger partial charge is 0.748 e. The average molecular weight is 272 g/mol. The molecule has 7 heteroatoms. The summed E-state index contributed by atoms with van der Waals surface area (Å²) in [4.78, 5) is 11.0. The molecule has 0 N–H and O–H groups in total. The lowest BCUT2D eigenvalue weighted by Gasteiger charge is -2.19. The Hall–Kier alpha value is -1.44. The van der Waals surface area contributed by atoms with Crippen molar-refractivity contribution in [3.63, 3.8) is 0 Å². The number of hydroxylamine groups is 1. The maximum atomic E-state index is 11.0. The Morgan fingerprint density at radius 1 is 1.39 bits per heavy atom. The quantitative estimate of drug-likeness (QED) is 0.436. The molecule has 0 aliphatic carbocycles. The molecule has 0 amide bonds. The van der Waals surface area contributed by atoms with Gasteiger partial charge in [-0.3, -0.25) is 4.79 Å². The Bertz CT molecular complexity index is 420. The molecule has 0 saturated heterocycles. The third kappa shape index (κ3) is 4.82. The fourth-order valence-corrected chi connectivity index (χ4v) is 1.62. The zero-order valence-corrected chi connectivity index (χ0v) is 10.9. The number of methoxy groups -OCH3 is 1. The molecule has 0 radical (unpaired) electrons. The molecular weight excluding hydrogens is 258 g/mol. The minimum absolute atomic E-state index is 0.263. The van der Waals surface area contributed by atoms with Crippen LogP contribution in [0.15, 0.2) is 24.3 Å². The fraction of sp³-hybridized carbons (Fsp3) is 0.364. The van der Waals surface area contributed by atoms with Crippen LogP contribution in [0.3, 0.4) is 0 Å². The SMILES string of the molecule is COC(=O)CCc1ccc(N(C)OS(=O)[O-])cc1. The van der Waals surface area contributed by atoms with Gasteiger partial charge in [0.15, 0.2) is 0 Å². The Morgan fingerprint density at radius 2 is 2.00 bits per heavy atom. The van der Waals surface area contributed by atoms with Crippen LogP contribution in [0.5, 0.6) is 0 Å². The minimum Gasteiger partial charge on any atom is -0.748 e. The molecule has 1 aromatic rings. The second-order valence-electron chi connectivity index (χ2n) is 3.52. The van der Waals surface area contributed by atoms with Crippen molar-refractivity contribution in [3.05, 3.63) is 29.8 Å². The van der Waals surface area contributed by atoms with E-state index >= 15 is 0 Å². The number of aryl methyl sites for hydroxylation is 1. The van der Waals surface area contributed by atoms with Crippen LogP contribution in [-0.4, -0.2) is 28.9 Å². The second-order valence-corrected chi connectivity index (χ2v) is 4.08. The van der Waals surface area contributed by atoms with Crippen molar-refractivity contribution < 1.29 is 22.6 Å². The number of benzene rings is 1. The van der Waals surface area contributed by atoms with E-state index in [0.717, 1.165) is 10.6 Å². The van der Waals surface area contributed by atoms with Gasteiger partial charge in [-0.25, -0.2) is 9.27 Å². The highest BCUT2D eigenvalue weighted by Gasteiger charge is 2.04. The molecule has 1 atom stereocenters. The van der Waals surface area contributed by atoms with Crippen LogP contribution in [0.1, 0.15) is 12.0 Å². The van der Waals surface area contributed by atoms with Gasteiger partial charge in [-0.15, -0.1) is 0 Å². The van der Waals surface area contributed by atoms with Gasteiger partial charge < -0.3 is 9.29 Å². The average Bonchev–Trinajstić information content (AvgIpc) is 2.35. The highest BCUT2D eigenvalue weighted by atomic mass is 32.2. The van der Waals surface area contributed by atoms with Crippen molar-refractivity contribution in [1.29, 1.82) is 0 Å². The van der Waals surface area contributed by atoms with Gasteiger partial charge in [0, 0.05) is 13.5 Å². The van der Waals surface area contributed by atoms with Gasteiger partial charge in [0.2, 0.25) is 0 Å². The van der Waals surface area contributed by atoms with E-state index < -0.39 is 11.4 Å². The zero-order chi connectivity index (χ0) is 13.5. The number of rotatable bonds is 6. The highest BCUT2D eigenvalue weighted by molar-refractivity contribution is 7.74. The summed E-state index contributed by atoms with van der Waals surface area (Å²) >= 11 is -2.60. The summed E-state index contributed by atoms with van der Waals surface area (Å²) in [6.45, 7) is 0. The first-order valence-electron chi connectivity index (χ1n) is 5.20. The summed E-state index contributed by atoms with van der Waals surface area (Å²) in [5, 5.41) is 1.13. The smallest absolute Gasteiger partial charge is 0.305 e. The van der Waals surface area contributed by atoms with Gasteiger partial charge in [0.1, 0.15) is 11.4 Å². The van der Waals surface area contributed by atoms with E-state index in [1.54, 1.807) is 24.3 Å². The number of nitrogens with zero attached hydrogens (tertiary/aromatic N) is 1. The van der Waals surface area contributed by atoms with Crippen LogP contribution in [-0.2, 0) is 31.6 Å². The molecule has 1 rings (SSSR count). The van der Waals surface area contributed by atoms with Gasteiger partial charge in [0.25, 0.3) is 0 Å². The Labute approximate surface area is 108 Å². The number of carbonyl (C=O) groups excluding carboxylic acids is 1. The van der Waals surface area contributed by atoms with Crippen molar-refractivity contribution in [2.45, 2.75) is 12.8 Å². The van der Waals surface area contributed by atoms with Crippen LogP contribution >= 0.6 is 0 Å². The number of hydrogen-bond donors (Lipinski definition) is 0. The number of hydrogen-bond acceptors (Lipinski definition) is 6. The van der Waals surface area contributed by atoms with E-state index in [4.69, 9.17) is 0 Å². The zero-order valence-electron chi connectivity index (χ0n) is 10.1. The standard InChI is InChI=1S/C11H15NO5S/c1-12(17-18(14)15)10-6-3-9(4-7-10)5-8-11(13)16-2/h3-4,6-7H,5,8H2,1-2H3,(H,14,15)/p-1. The summed E-state index contributed by atoms with van der Waals surface area (Å²) in [6, 6.07) is 7.01. The molecule has 0 aliphatic heterocycles. The maximum absolute atomic E-state index is 11.0. The number of ether oxygens (including phenoxy) is 1. The van der Waals surface area contributed by atoms with Crippen molar-refractivity contribution in [2.24, 2.45) is 0 Å². The molecule has 6 nitrogen and oxygen atoms in total. The predicted octanol–water partition coefficient (Wildman–Crippen LogP) is 0.954. The van der Waals surface area contributed by atoms with Crippen LogP contribution in [0.25, 0.3) is 0 Å². The van der Waals surface area contributed by atoms with Crippen molar-refractivity contribution in [1.82, 2.24) is 0 Å². The second kappa shape index (κ2) is 7.10. The molecule has 100 valence electrons. The summed E-state index contributed by atoms with van der Waals surface area (Å²) in [5.41, 5.74) is 1.56. The van der Waals surface area contributed by atoms with E-state index in [1.165, 1.54) is 14.2 Å². The molecule has 0 spiro atoms. The summed E-state index contributed by atoms with van der Waals surface area (Å²) in [5.74, 6) is -0.263. The molecule has 0 aromatic heterocycles. The predicted molar refractivity (Wildman–Crippen MR) is 65.2 cm³/mol. The lowest BCUT2D eigenvalue weighted by molar-refractivity contribution is -0.140. The van der Waals surface area contributed by atoms with Gasteiger partial charge >= 0.3 is 5.97 Å². The summed E-state index contributed by atoms with van der Waals surface area (Å²) < 4.78 is 29.7. The van der Waals surface area contributed by atoms with Crippen molar-refractivity contribution in [2.75, 3.05) is 19.2 Å². The van der Waals surface area contributed by atoms with Crippen LogP contribution < -0.4 is 5.06 Å². The van der Waals surface area contributed by atoms with Crippen molar-refractivity contribution >= 4 is 23.0 Å². The molecule has 18 heavy (non-hydrogen) atoms. The summed E-state index contributed by atoms with van der Waals surface area (Å²) in [7, 11) is 2.83. The lowest BCUT2D eigenvalue weighted by Crippen LogP contribution is -2.18. The van der Waals surface area contributed by atoms with Crippen LogP contribution in [0.4, 0.5) is 5.69 Å². The van der Waals surface area contributed by atoms with E-state index in [0.29, 0.717) is 18.5 Å². The lowest BCUT2D eigenvalue weighted by atomic mass is 10.1. The normalized spacial score (nSPS) is 11.9. The number of carbonyl (C=O) groups is 1. The molecule has 0 aliphatic rings. The molecule has 0 heterocycles. The van der Waals surface area contributed by atoms with Crippen molar-refractivity contribution in [3.8, 4) is 0 Å². The Balaban J connectivity index is 2.57. The summed E-state index contributed by atoms with van der Waals surface area (Å²) in [6.07, 6.45) is 0.887. The van der Waals surface area contributed by atoms with Crippen LogP contribution in [0.2, 0.25) is 0 Å². The Morgan fingerprint density at radius 3 is 2.50 bits per heavy atom. The Kier molecular flexibility index (Phi) is 5.76. The van der Waals surface area contributed by atoms with Gasteiger partial charge in [-0.1, -0.05) is 12.1 Å². The van der Waals surface area contributed by atoms with Gasteiger partial charge in [0.05, 0.1) is 12.8 Å². The molecule has 0 saturated carbocycles. The minimum atomic E-state index is -2.60. The van der Waals surface area contributed by atoms with E-state index in [1.807, 2.05) is 0 Å². The highest BCUT2D eigenvalue weighted by Crippen LogP contribution is 2.15. The third-order valence-electron chi connectivity index (χ3n) is 2.32. The van der Waals surface area contributed by atoms with E-state index in [9.17, 15) is 13.6 Å². The van der Waals surface area contributed by atoms with E-state index in [-0.39, 0.29) is 5.97 Å². The molecular formula is C11H14NO5S-. The monoisotopic (exact) mass is 272 g/mol. The van der Waals surface area contributed by atoms with E-state index in [2.05, 4.69) is 9.02 Å². The first-order valence-corrected chi connectivity index (χ1v) is 6.20. The molecule has 1 unspecified atom stereocenters. The van der Waals surface area contributed by atoms with Gasteiger partial charge in [-0.2, -0.15) is 4.28 Å². The first kappa shape index (κ1) is 14.6. The maximum Gasteiger partial charge on any atom is 0.305 e. The molecule has 0 fully saturated rings. The molecule has 0 bridgehead atoms. The first-order chi connectivity index (χ1) is 8.52. The molecule has 1 aromatic carbocycles. The number of anilines is 1. The fourth-order valence-electron chi connectivity index (χ4n) is 1.36. The topological polar surface area (TPSA) is 78.9 Å². The van der Waals surface area contributed by atoms with Gasteiger partial charge in [-0.05, 0) is 24.1 Å².